The van der Waals surface area contributed by atoms with Gasteiger partial charge in [-0.1, -0.05) is 6.07 Å². The number of rotatable bonds is 7. The molecular formula is C23H25F2N3O6. The molecule has 1 atom stereocenters. The fourth-order valence-corrected chi connectivity index (χ4v) is 4.56. The minimum Gasteiger partial charge on any atom is -0.503 e. The summed E-state index contributed by atoms with van der Waals surface area (Å²) in [6.07, 6.45) is 0.567. The number of aromatic nitrogens is 1. The molecular weight excluding hydrogens is 452 g/mol. The van der Waals surface area contributed by atoms with Crippen molar-refractivity contribution in [1.29, 1.82) is 0 Å². The molecule has 0 saturated carbocycles. The number of halogens is 2. The largest absolute Gasteiger partial charge is 0.503 e. The van der Waals surface area contributed by atoms with E-state index < -0.39 is 40.2 Å². The molecule has 1 unspecified atom stereocenters. The third kappa shape index (κ3) is 4.05. The third-order valence-electron chi connectivity index (χ3n) is 6.12. The summed E-state index contributed by atoms with van der Waals surface area (Å²) in [5.74, 6) is -3.81. The second-order valence-electron chi connectivity index (χ2n) is 8.66. The Morgan fingerprint density at radius 1 is 1.32 bits per heavy atom. The Kier molecular flexibility index (Phi) is 6.41. The highest BCUT2D eigenvalue weighted by Crippen LogP contribution is 2.36. The number of hydrogen-bond acceptors (Lipinski definition) is 6. The molecule has 1 aromatic carbocycles. The van der Waals surface area contributed by atoms with Crippen molar-refractivity contribution in [3.05, 3.63) is 62.6 Å². The van der Waals surface area contributed by atoms with Crippen LogP contribution >= 0.6 is 0 Å². The molecule has 2 N–H and O–H groups in total. The summed E-state index contributed by atoms with van der Waals surface area (Å²) in [5.41, 5.74) is -2.22. The quantitative estimate of drug-likeness (QED) is 0.585. The molecule has 3 heterocycles. The molecule has 0 radical (unpaired) electrons. The van der Waals surface area contributed by atoms with E-state index in [2.05, 4.69) is 5.32 Å². The Labute approximate surface area is 193 Å². The van der Waals surface area contributed by atoms with Gasteiger partial charge in [0.1, 0.15) is 17.2 Å². The fourth-order valence-electron chi connectivity index (χ4n) is 4.56. The first-order valence-electron chi connectivity index (χ1n) is 10.8. The smallest absolute Gasteiger partial charge is 0.274 e. The maximum Gasteiger partial charge on any atom is 0.274 e. The fraction of sp³-hybridized carbons (Fsp3) is 0.435. The first-order valence-corrected chi connectivity index (χ1v) is 10.8. The van der Waals surface area contributed by atoms with Crippen LogP contribution in [0, 0.1) is 11.6 Å². The van der Waals surface area contributed by atoms with E-state index in [1.54, 1.807) is 7.11 Å². The Morgan fingerprint density at radius 3 is 2.79 bits per heavy atom. The number of carbonyl (C=O) groups excluding carboxylic acids is 2. The number of nitrogens with zero attached hydrogens (tertiary/aromatic N) is 2. The molecule has 2 amide bonds. The lowest BCUT2D eigenvalue weighted by Gasteiger charge is -2.47. The van der Waals surface area contributed by atoms with Gasteiger partial charge in [-0.15, -0.1) is 0 Å². The van der Waals surface area contributed by atoms with Gasteiger partial charge in [-0.25, -0.2) is 8.78 Å². The normalized spacial score (nSPS) is 19.2. The maximum atomic E-state index is 14.0. The predicted octanol–water partition coefficient (Wildman–Crippen LogP) is 1.50. The van der Waals surface area contributed by atoms with Crippen LogP contribution in [0.2, 0.25) is 0 Å². The lowest BCUT2D eigenvalue weighted by molar-refractivity contribution is -0.0186. The molecule has 0 aliphatic carbocycles. The zero-order chi connectivity index (χ0) is 24.6. The highest BCUT2D eigenvalue weighted by molar-refractivity contribution is 6.00. The number of amides is 2. The third-order valence-corrected chi connectivity index (χ3v) is 6.12. The highest BCUT2D eigenvalue weighted by atomic mass is 19.1. The number of methoxy groups -OCH3 is 1. The first-order chi connectivity index (χ1) is 16.2. The zero-order valence-corrected chi connectivity index (χ0v) is 18.8. The molecule has 34 heavy (non-hydrogen) atoms. The molecule has 1 aromatic heterocycles. The van der Waals surface area contributed by atoms with Crippen LogP contribution < -0.4 is 10.7 Å². The SMILES string of the molecule is COCCCN1CC2(C)COCc3c(C(=O)NCc4ccc(F)cc4F)c(=O)c(O)c(n32)C1=O. The van der Waals surface area contributed by atoms with Crippen molar-refractivity contribution < 1.29 is 33.0 Å². The van der Waals surface area contributed by atoms with E-state index in [-0.39, 0.29) is 48.8 Å². The van der Waals surface area contributed by atoms with Gasteiger partial charge in [0.15, 0.2) is 11.4 Å². The molecule has 9 nitrogen and oxygen atoms in total. The van der Waals surface area contributed by atoms with E-state index in [0.29, 0.717) is 25.6 Å². The Bertz CT molecular complexity index is 1210. The highest BCUT2D eigenvalue weighted by Gasteiger charge is 2.46. The summed E-state index contributed by atoms with van der Waals surface area (Å²) < 4.78 is 39.4. The lowest BCUT2D eigenvalue weighted by atomic mass is 9.92. The van der Waals surface area contributed by atoms with Gasteiger partial charge in [0.05, 0.1) is 24.4 Å². The van der Waals surface area contributed by atoms with Gasteiger partial charge in [-0.05, 0) is 19.4 Å². The van der Waals surface area contributed by atoms with Crippen molar-refractivity contribution in [3.63, 3.8) is 0 Å². The van der Waals surface area contributed by atoms with E-state index in [9.17, 15) is 28.3 Å². The van der Waals surface area contributed by atoms with E-state index in [0.717, 1.165) is 6.07 Å². The average molecular weight is 477 g/mol. The zero-order valence-electron chi connectivity index (χ0n) is 18.8. The first kappa shape index (κ1) is 23.8. The molecule has 4 rings (SSSR count). The summed E-state index contributed by atoms with van der Waals surface area (Å²) in [5, 5.41) is 13.2. The van der Waals surface area contributed by atoms with Crippen molar-refractivity contribution in [3.8, 4) is 5.75 Å². The molecule has 2 aromatic rings. The molecule has 0 bridgehead atoms. The second-order valence-corrected chi connectivity index (χ2v) is 8.66. The maximum absolute atomic E-state index is 14.0. The van der Waals surface area contributed by atoms with Crippen molar-refractivity contribution in [2.45, 2.75) is 32.0 Å². The van der Waals surface area contributed by atoms with Crippen LogP contribution in [0.5, 0.6) is 5.75 Å². The van der Waals surface area contributed by atoms with Crippen LogP contribution in [0.15, 0.2) is 23.0 Å². The predicted molar refractivity (Wildman–Crippen MR) is 116 cm³/mol. The van der Waals surface area contributed by atoms with Gasteiger partial charge in [0, 0.05) is 45.0 Å². The van der Waals surface area contributed by atoms with Gasteiger partial charge in [0.2, 0.25) is 5.43 Å². The summed E-state index contributed by atoms with van der Waals surface area (Å²) in [6, 6.07) is 2.93. The number of pyridine rings is 1. The van der Waals surface area contributed by atoms with Crippen LogP contribution in [0.1, 0.15) is 45.4 Å². The van der Waals surface area contributed by atoms with Gasteiger partial charge < -0.3 is 29.4 Å². The molecule has 0 saturated heterocycles. The Morgan fingerprint density at radius 2 is 2.09 bits per heavy atom. The standard InChI is InChI=1S/C23H25F2N3O6/c1-23-11-27(6-3-7-33-2)22(32)18-20(30)19(29)17(16(28(18)23)10-34-12-23)21(31)26-9-13-4-5-14(24)8-15(13)25/h4-5,8,30H,3,6-7,9-12H2,1-2H3,(H,26,31). The molecule has 11 heteroatoms. The van der Waals surface area contributed by atoms with Crippen molar-refractivity contribution >= 4 is 11.8 Å². The number of hydrogen-bond donors (Lipinski definition) is 2. The monoisotopic (exact) mass is 477 g/mol. The van der Waals surface area contributed by atoms with Crippen LogP contribution in [-0.4, -0.2) is 59.8 Å². The van der Waals surface area contributed by atoms with Gasteiger partial charge in [-0.3, -0.25) is 14.4 Å². The number of benzene rings is 1. The number of carbonyl (C=O) groups is 2. The summed E-state index contributed by atoms with van der Waals surface area (Å²) in [7, 11) is 1.55. The molecule has 2 aliphatic heterocycles. The van der Waals surface area contributed by atoms with Crippen LogP contribution in [0.3, 0.4) is 0 Å². The van der Waals surface area contributed by atoms with E-state index >= 15 is 0 Å². The van der Waals surface area contributed by atoms with Gasteiger partial charge in [-0.2, -0.15) is 0 Å². The average Bonchev–Trinajstić information content (AvgIpc) is 2.78. The molecule has 2 aliphatic rings. The summed E-state index contributed by atoms with van der Waals surface area (Å²) >= 11 is 0. The minimum atomic E-state index is -1.02. The number of aromatic hydroxyl groups is 1. The molecule has 182 valence electrons. The topological polar surface area (TPSA) is 110 Å². The van der Waals surface area contributed by atoms with E-state index in [4.69, 9.17) is 9.47 Å². The van der Waals surface area contributed by atoms with E-state index in [1.165, 1.54) is 15.5 Å². The summed E-state index contributed by atoms with van der Waals surface area (Å²) in [6.45, 7) is 2.63. The summed E-state index contributed by atoms with van der Waals surface area (Å²) in [4.78, 5) is 40.7. The molecule has 0 spiro atoms. The number of ether oxygens (including phenoxy) is 2. The Balaban J connectivity index is 1.72. The second kappa shape index (κ2) is 9.15. The Hall–Kier alpha value is -3.31. The van der Waals surface area contributed by atoms with Crippen LogP contribution in [0.25, 0.3) is 0 Å². The van der Waals surface area contributed by atoms with Crippen LogP contribution in [-0.2, 0) is 28.2 Å². The van der Waals surface area contributed by atoms with Crippen molar-refractivity contribution in [2.24, 2.45) is 0 Å². The van der Waals surface area contributed by atoms with Gasteiger partial charge >= 0.3 is 0 Å². The minimum absolute atomic E-state index is 0.0219. The van der Waals surface area contributed by atoms with E-state index in [1.807, 2.05) is 6.92 Å². The number of nitrogens with one attached hydrogen (secondary N) is 1. The van der Waals surface area contributed by atoms with Gasteiger partial charge in [0.25, 0.3) is 11.8 Å². The van der Waals surface area contributed by atoms with Crippen molar-refractivity contribution in [1.82, 2.24) is 14.8 Å². The van der Waals surface area contributed by atoms with Crippen LogP contribution in [0.4, 0.5) is 8.78 Å². The molecule has 0 fully saturated rings. The lowest BCUT2D eigenvalue weighted by Crippen LogP contribution is -2.58. The van der Waals surface area contributed by atoms with Crippen molar-refractivity contribution in [2.75, 3.05) is 33.4 Å².